The van der Waals surface area contributed by atoms with Crippen molar-refractivity contribution in [2.75, 3.05) is 40.9 Å². The Hall–Kier alpha value is -0.500. The zero-order valence-corrected chi connectivity index (χ0v) is 51.0. The lowest BCUT2D eigenvalue weighted by Crippen LogP contribution is -2.46. The molecule has 8 nitrogen and oxygen atoms in total. The van der Waals surface area contributed by atoms with Gasteiger partial charge in [0.05, 0.1) is 39.9 Å². The molecule has 0 aliphatic heterocycles. The first-order valence-electron chi connectivity index (χ1n) is 32.9. The van der Waals surface area contributed by atoms with Crippen LogP contribution in [0.1, 0.15) is 354 Å². The minimum absolute atomic E-state index is 0.0169. The number of nitrogens with zero attached hydrogens (tertiary/aromatic N) is 1. The van der Waals surface area contributed by atoms with E-state index in [0.29, 0.717) is 23.9 Å². The molecule has 0 saturated carbocycles. The maximum atomic E-state index is 13.0. The predicted molar refractivity (Wildman–Crippen MR) is 316 cm³/mol. The molecule has 1 amide bonds. The zero-order chi connectivity index (χ0) is 53.5. The molecule has 0 aromatic carbocycles. The molecule has 9 heteroatoms. The Bertz CT molecular complexity index is 1150. The Labute approximate surface area is 457 Å². The summed E-state index contributed by atoms with van der Waals surface area (Å²) in [4.78, 5) is 25.6. The van der Waals surface area contributed by atoms with Crippen LogP contribution < -0.4 is 10.2 Å². The number of amides is 1. The number of quaternary nitrogens is 1. The average Bonchev–Trinajstić information content (AvgIpc) is 3.35. The third-order valence-electron chi connectivity index (χ3n) is 15.6. The Morgan fingerprint density at radius 1 is 0.425 bits per heavy atom. The SMILES string of the molecule is CCCCCCCCCCCCCCCCCCCCCCCCCCCCCCCCC(O)C(COP(=O)([O-])OCC[N+](C)(C)C)NC(=O)CCCCCCCCCCCCCCCCCCCCCCC. The van der Waals surface area contributed by atoms with Gasteiger partial charge in [0.25, 0.3) is 7.82 Å². The molecule has 0 aliphatic rings. The van der Waals surface area contributed by atoms with Gasteiger partial charge in [0, 0.05) is 6.42 Å². The highest BCUT2D eigenvalue weighted by Gasteiger charge is 2.24. The molecule has 0 bridgehead atoms. The van der Waals surface area contributed by atoms with Gasteiger partial charge in [-0.05, 0) is 12.8 Å². The van der Waals surface area contributed by atoms with E-state index in [1.54, 1.807) is 0 Å². The first-order valence-corrected chi connectivity index (χ1v) is 34.3. The Kier molecular flexibility index (Phi) is 55.8. The van der Waals surface area contributed by atoms with Gasteiger partial charge in [-0.15, -0.1) is 0 Å². The maximum absolute atomic E-state index is 13.0. The van der Waals surface area contributed by atoms with Gasteiger partial charge in [-0.1, -0.05) is 335 Å². The summed E-state index contributed by atoms with van der Waals surface area (Å²) in [7, 11) is 1.33. The first-order chi connectivity index (χ1) is 35.5. The fourth-order valence-electron chi connectivity index (χ4n) is 10.5. The standard InChI is InChI=1S/C64H131N2O6P/c1-6-8-10-12-14-16-18-20-22-24-26-28-29-30-31-32-33-34-35-36-38-39-41-43-45-47-49-51-53-55-57-63(67)62(61-72-73(69,70)71-60-59-66(3,4)5)65-64(68)58-56-54-52-50-48-46-44-42-40-37-27-25-23-21-19-17-15-13-11-9-7-2/h62-63,67H,6-61H2,1-5H3,(H-,65,68,69,70). The first kappa shape index (κ1) is 72.5. The van der Waals surface area contributed by atoms with Crippen molar-refractivity contribution in [3.8, 4) is 0 Å². The quantitative estimate of drug-likeness (QED) is 0.0357. The summed E-state index contributed by atoms with van der Waals surface area (Å²) in [6.07, 6.45) is 68.8. The predicted octanol–water partition coefficient (Wildman–Crippen LogP) is 19.8. The van der Waals surface area contributed by atoms with Crippen molar-refractivity contribution in [1.29, 1.82) is 0 Å². The summed E-state index contributed by atoms with van der Waals surface area (Å²) in [5.41, 5.74) is 0. The Balaban J connectivity index is 4.01. The molecule has 0 saturated heterocycles. The number of aliphatic hydroxyl groups is 1. The molecule has 73 heavy (non-hydrogen) atoms. The van der Waals surface area contributed by atoms with E-state index in [1.807, 2.05) is 21.1 Å². The normalized spacial score (nSPS) is 13.7. The number of carbonyl (C=O) groups excluding carboxylic acids is 1. The molecule has 0 heterocycles. The smallest absolute Gasteiger partial charge is 0.268 e. The van der Waals surface area contributed by atoms with Crippen LogP contribution in [0.15, 0.2) is 0 Å². The van der Waals surface area contributed by atoms with E-state index >= 15 is 0 Å². The molecule has 0 aromatic heterocycles. The lowest BCUT2D eigenvalue weighted by molar-refractivity contribution is -0.870. The second-order valence-corrected chi connectivity index (χ2v) is 25.6. The van der Waals surface area contributed by atoms with Crippen LogP contribution in [0.5, 0.6) is 0 Å². The van der Waals surface area contributed by atoms with Gasteiger partial charge in [-0.2, -0.15) is 0 Å². The molecule has 0 rings (SSSR count). The molecular weight excluding hydrogens is 924 g/mol. The number of hydrogen-bond donors (Lipinski definition) is 2. The van der Waals surface area contributed by atoms with Crippen LogP contribution in [-0.4, -0.2) is 68.5 Å². The van der Waals surface area contributed by atoms with E-state index < -0.39 is 20.0 Å². The van der Waals surface area contributed by atoms with Gasteiger partial charge in [0.2, 0.25) is 5.91 Å². The second kappa shape index (κ2) is 56.2. The maximum Gasteiger partial charge on any atom is 0.268 e. The van der Waals surface area contributed by atoms with E-state index in [0.717, 1.165) is 38.5 Å². The van der Waals surface area contributed by atoms with Crippen molar-refractivity contribution in [3.63, 3.8) is 0 Å². The van der Waals surface area contributed by atoms with Crippen LogP contribution in [0.3, 0.4) is 0 Å². The zero-order valence-electron chi connectivity index (χ0n) is 50.1. The summed E-state index contributed by atoms with van der Waals surface area (Å²) in [5, 5.41) is 14.1. The second-order valence-electron chi connectivity index (χ2n) is 24.2. The molecule has 438 valence electrons. The molecule has 2 N–H and O–H groups in total. The molecular formula is C64H131N2O6P. The number of phosphoric ester groups is 1. The van der Waals surface area contributed by atoms with E-state index in [9.17, 15) is 19.4 Å². The van der Waals surface area contributed by atoms with Crippen molar-refractivity contribution in [3.05, 3.63) is 0 Å². The van der Waals surface area contributed by atoms with E-state index in [4.69, 9.17) is 9.05 Å². The number of hydrogen-bond acceptors (Lipinski definition) is 6. The number of rotatable bonds is 62. The number of carbonyl (C=O) groups is 1. The number of unbranched alkanes of at least 4 members (excludes halogenated alkanes) is 49. The lowest BCUT2D eigenvalue weighted by Gasteiger charge is -2.30. The van der Waals surface area contributed by atoms with E-state index in [2.05, 4.69) is 19.2 Å². The van der Waals surface area contributed by atoms with Crippen molar-refractivity contribution < 1.29 is 32.9 Å². The summed E-state index contributed by atoms with van der Waals surface area (Å²) < 4.78 is 23.5. The Morgan fingerprint density at radius 3 is 0.932 bits per heavy atom. The fraction of sp³-hybridized carbons (Fsp3) is 0.984. The monoisotopic (exact) mass is 1050 g/mol. The summed E-state index contributed by atoms with van der Waals surface area (Å²) in [6, 6.07) is -0.796. The molecule has 3 unspecified atom stereocenters. The van der Waals surface area contributed by atoms with Crippen molar-refractivity contribution in [2.24, 2.45) is 0 Å². The highest BCUT2D eigenvalue weighted by Crippen LogP contribution is 2.38. The third-order valence-corrected chi connectivity index (χ3v) is 16.6. The highest BCUT2D eigenvalue weighted by molar-refractivity contribution is 7.45. The molecule has 0 fully saturated rings. The van der Waals surface area contributed by atoms with Crippen LogP contribution in [-0.2, 0) is 18.4 Å². The van der Waals surface area contributed by atoms with Crippen molar-refractivity contribution in [1.82, 2.24) is 5.32 Å². The van der Waals surface area contributed by atoms with Gasteiger partial charge in [-0.25, -0.2) is 0 Å². The molecule has 3 atom stereocenters. The van der Waals surface area contributed by atoms with E-state index in [-0.39, 0.29) is 19.1 Å². The van der Waals surface area contributed by atoms with Crippen molar-refractivity contribution >= 4 is 13.7 Å². The third kappa shape index (κ3) is 59.0. The summed E-state index contributed by atoms with van der Waals surface area (Å²) in [6.45, 7) is 4.79. The summed E-state index contributed by atoms with van der Waals surface area (Å²) >= 11 is 0. The number of likely N-dealkylation sites (N-methyl/N-ethyl adjacent to an activating group) is 1. The number of nitrogens with one attached hydrogen (secondary N) is 1. The van der Waals surface area contributed by atoms with Crippen LogP contribution in [0.4, 0.5) is 0 Å². The summed E-state index contributed by atoms with van der Waals surface area (Å²) in [5.74, 6) is -0.155. The number of aliphatic hydroxyl groups excluding tert-OH is 1. The lowest BCUT2D eigenvalue weighted by atomic mass is 10.0. The largest absolute Gasteiger partial charge is 0.756 e. The van der Waals surface area contributed by atoms with Gasteiger partial charge >= 0.3 is 0 Å². The highest BCUT2D eigenvalue weighted by atomic mass is 31.2. The fourth-order valence-corrected chi connectivity index (χ4v) is 11.2. The average molecular weight is 1060 g/mol. The molecule has 0 aromatic rings. The van der Waals surface area contributed by atoms with Crippen LogP contribution in [0, 0.1) is 0 Å². The minimum atomic E-state index is -4.57. The van der Waals surface area contributed by atoms with Crippen LogP contribution in [0.25, 0.3) is 0 Å². The van der Waals surface area contributed by atoms with Gasteiger partial charge in [0.15, 0.2) is 0 Å². The van der Waals surface area contributed by atoms with Crippen molar-refractivity contribution in [2.45, 2.75) is 366 Å². The van der Waals surface area contributed by atoms with E-state index in [1.165, 1.54) is 289 Å². The number of phosphoric acid groups is 1. The molecule has 0 aliphatic carbocycles. The molecule has 0 radical (unpaired) electrons. The van der Waals surface area contributed by atoms with Gasteiger partial charge in [-0.3, -0.25) is 9.36 Å². The van der Waals surface area contributed by atoms with Gasteiger partial charge < -0.3 is 28.8 Å². The minimum Gasteiger partial charge on any atom is -0.756 e. The van der Waals surface area contributed by atoms with Gasteiger partial charge in [0.1, 0.15) is 13.2 Å². The Morgan fingerprint density at radius 2 is 0.671 bits per heavy atom. The topological polar surface area (TPSA) is 108 Å². The van der Waals surface area contributed by atoms with Crippen LogP contribution >= 0.6 is 7.82 Å². The van der Waals surface area contributed by atoms with Crippen LogP contribution in [0.2, 0.25) is 0 Å². The molecule has 0 spiro atoms.